The Morgan fingerprint density at radius 2 is 1.90 bits per heavy atom. The van der Waals surface area contributed by atoms with Crippen molar-refractivity contribution in [1.82, 2.24) is 14.8 Å². The van der Waals surface area contributed by atoms with Crippen LogP contribution in [0.4, 0.5) is 0 Å². The number of carbonyl (C=O) groups is 1. The molecular weight excluding hydrogens is 274 g/mol. The van der Waals surface area contributed by atoms with Crippen LogP contribution in [0.3, 0.4) is 0 Å². The molecular formula is C15H10ClN3O. The van der Waals surface area contributed by atoms with Gasteiger partial charge in [0.1, 0.15) is 5.69 Å². The van der Waals surface area contributed by atoms with E-state index in [1.54, 1.807) is 23.1 Å². The van der Waals surface area contributed by atoms with Crippen molar-refractivity contribution >= 4 is 17.9 Å². The molecule has 0 bridgehead atoms. The van der Waals surface area contributed by atoms with Gasteiger partial charge in [0.15, 0.2) is 6.29 Å². The molecule has 0 aliphatic carbocycles. The van der Waals surface area contributed by atoms with Crippen LogP contribution >= 0.6 is 11.6 Å². The molecule has 0 amide bonds. The topological polar surface area (TPSA) is 47.8 Å². The van der Waals surface area contributed by atoms with Crippen molar-refractivity contribution in [2.45, 2.75) is 0 Å². The SMILES string of the molecule is O=Cc1cn(-c2ccccc2Cl)nc1-c1ccccn1. The van der Waals surface area contributed by atoms with Crippen LogP contribution in [-0.2, 0) is 0 Å². The van der Waals surface area contributed by atoms with Crippen molar-refractivity contribution in [2.75, 3.05) is 0 Å². The zero-order valence-corrected chi connectivity index (χ0v) is 11.2. The number of aldehydes is 1. The van der Waals surface area contributed by atoms with Gasteiger partial charge >= 0.3 is 0 Å². The van der Waals surface area contributed by atoms with Crippen LogP contribution in [-0.4, -0.2) is 21.1 Å². The molecule has 0 atom stereocenters. The van der Waals surface area contributed by atoms with Crippen molar-refractivity contribution < 1.29 is 4.79 Å². The van der Waals surface area contributed by atoms with E-state index in [0.29, 0.717) is 22.0 Å². The fourth-order valence-corrected chi connectivity index (χ4v) is 2.16. The van der Waals surface area contributed by atoms with E-state index in [-0.39, 0.29) is 0 Å². The van der Waals surface area contributed by atoms with Gasteiger partial charge in [-0.1, -0.05) is 29.8 Å². The van der Waals surface area contributed by atoms with Gasteiger partial charge in [0.05, 0.1) is 22.0 Å². The molecule has 1 aromatic carbocycles. The van der Waals surface area contributed by atoms with Gasteiger partial charge in [-0.05, 0) is 24.3 Å². The number of benzene rings is 1. The van der Waals surface area contributed by atoms with Crippen LogP contribution in [0.25, 0.3) is 17.1 Å². The van der Waals surface area contributed by atoms with E-state index < -0.39 is 0 Å². The number of halogens is 1. The lowest BCUT2D eigenvalue weighted by atomic mass is 10.2. The van der Waals surface area contributed by atoms with Crippen LogP contribution < -0.4 is 0 Å². The molecule has 5 heteroatoms. The molecule has 0 unspecified atom stereocenters. The largest absolute Gasteiger partial charge is 0.298 e. The Morgan fingerprint density at radius 3 is 2.60 bits per heavy atom. The van der Waals surface area contributed by atoms with E-state index in [0.717, 1.165) is 12.0 Å². The van der Waals surface area contributed by atoms with E-state index in [1.165, 1.54) is 0 Å². The molecule has 98 valence electrons. The molecule has 0 fully saturated rings. The minimum Gasteiger partial charge on any atom is -0.298 e. The van der Waals surface area contributed by atoms with Gasteiger partial charge in [0.2, 0.25) is 0 Å². The summed E-state index contributed by atoms with van der Waals surface area (Å²) >= 11 is 6.14. The van der Waals surface area contributed by atoms with Gasteiger partial charge in [0, 0.05) is 12.4 Å². The third-order valence-corrected chi connectivity index (χ3v) is 3.20. The average Bonchev–Trinajstić information content (AvgIpc) is 2.92. The average molecular weight is 284 g/mol. The Morgan fingerprint density at radius 1 is 1.10 bits per heavy atom. The summed E-state index contributed by atoms with van der Waals surface area (Å²) in [5.41, 5.74) is 2.39. The highest BCUT2D eigenvalue weighted by Gasteiger charge is 2.13. The molecule has 2 aromatic heterocycles. The molecule has 0 saturated heterocycles. The summed E-state index contributed by atoms with van der Waals surface area (Å²) in [6.07, 6.45) is 4.08. The molecule has 0 aliphatic rings. The van der Waals surface area contributed by atoms with Gasteiger partial charge < -0.3 is 0 Å². The Balaban J connectivity index is 2.15. The Labute approximate surface area is 120 Å². The summed E-state index contributed by atoms with van der Waals surface area (Å²) in [7, 11) is 0. The third-order valence-electron chi connectivity index (χ3n) is 2.88. The van der Waals surface area contributed by atoms with Crippen LogP contribution in [0.2, 0.25) is 5.02 Å². The zero-order chi connectivity index (χ0) is 13.9. The minimum atomic E-state index is 0.476. The molecule has 4 nitrogen and oxygen atoms in total. The summed E-state index contributed by atoms with van der Waals surface area (Å²) in [5, 5.41) is 4.99. The summed E-state index contributed by atoms with van der Waals surface area (Å²) in [4.78, 5) is 15.4. The summed E-state index contributed by atoms with van der Waals surface area (Å²) in [5.74, 6) is 0. The number of para-hydroxylation sites is 1. The molecule has 0 saturated carbocycles. The smallest absolute Gasteiger partial charge is 0.153 e. The van der Waals surface area contributed by atoms with Gasteiger partial charge in [-0.15, -0.1) is 0 Å². The Bertz CT molecular complexity index is 753. The number of hydrogen-bond acceptors (Lipinski definition) is 3. The number of carbonyl (C=O) groups excluding carboxylic acids is 1. The van der Waals surface area contributed by atoms with Gasteiger partial charge in [-0.2, -0.15) is 5.10 Å². The normalized spacial score (nSPS) is 10.4. The number of nitrogens with zero attached hydrogens (tertiary/aromatic N) is 3. The number of aromatic nitrogens is 3. The fourth-order valence-electron chi connectivity index (χ4n) is 1.94. The Hall–Kier alpha value is -2.46. The van der Waals surface area contributed by atoms with E-state index in [2.05, 4.69) is 10.1 Å². The first-order chi connectivity index (χ1) is 9.79. The second kappa shape index (κ2) is 5.27. The number of pyridine rings is 1. The predicted molar refractivity (Wildman–Crippen MR) is 77.2 cm³/mol. The predicted octanol–water partition coefficient (Wildman–Crippen LogP) is 3.40. The second-order valence-electron chi connectivity index (χ2n) is 4.16. The molecule has 0 aliphatic heterocycles. The van der Waals surface area contributed by atoms with Gasteiger partial charge in [-0.3, -0.25) is 9.78 Å². The summed E-state index contributed by atoms with van der Waals surface area (Å²) in [6.45, 7) is 0. The lowest BCUT2D eigenvalue weighted by molar-refractivity contribution is 0.112. The fraction of sp³-hybridized carbons (Fsp3) is 0. The highest BCUT2D eigenvalue weighted by atomic mass is 35.5. The molecule has 0 spiro atoms. The summed E-state index contributed by atoms with van der Waals surface area (Å²) < 4.78 is 1.59. The maximum absolute atomic E-state index is 11.2. The molecule has 20 heavy (non-hydrogen) atoms. The first kappa shape index (κ1) is 12.6. The lowest BCUT2D eigenvalue weighted by Gasteiger charge is -2.02. The first-order valence-electron chi connectivity index (χ1n) is 6.01. The highest BCUT2D eigenvalue weighted by molar-refractivity contribution is 6.32. The van der Waals surface area contributed by atoms with Crippen molar-refractivity contribution in [2.24, 2.45) is 0 Å². The second-order valence-corrected chi connectivity index (χ2v) is 4.57. The van der Waals surface area contributed by atoms with E-state index in [9.17, 15) is 4.79 Å². The first-order valence-corrected chi connectivity index (χ1v) is 6.38. The van der Waals surface area contributed by atoms with Gasteiger partial charge in [0.25, 0.3) is 0 Å². The highest BCUT2D eigenvalue weighted by Crippen LogP contribution is 2.24. The molecule has 0 radical (unpaired) electrons. The Kier molecular flexibility index (Phi) is 3.31. The van der Waals surface area contributed by atoms with Crippen LogP contribution in [0.1, 0.15) is 10.4 Å². The molecule has 0 N–H and O–H groups in total. The molecule has 2 heterocycles. The standard InChI is InChI=1S/C15H10ClN3O/c16-12-5-1-2-7-14(12)19-9-11(10-20)15(18-19)13-6-3-4-8-17-13/h1-10H. The lowest BCUT2D eigenvalue weighted by Crippen LogP contribution is -1.95. The van der Waals surface area contributed by atoms with Crippen LogP contribution in [0.5, 0.6) is 0 Å². The van der Waals surface area contributed by atoms with Crippen molar-refractivity contribution in [1.29, 1.82) is 0 Å². The quantitative estimate of drug-likeness (QED) is 0.692. The third kappa shape index (κ3) is 2.21. The maximum atomic E-state index is 11.2. The zero-order valence-electron chi connectivity index (χ0n) is 10.4. The van der Waals surface area contributed by atoms with E-state index in [1.807, 2.05) is 36.4 Å². The van der Waals surface area contributed by atoms with Crippen LogP contribution in [0.15, 0.2) is 54.9 Å². The molecule has 3 aromatic rings. The van der Waals surface area contributed by atoms with Gasteiger partial charge in [-0.25, -0.2) is 4.68 Å². The monoisotopic (exact) mass is 283 g/mol. The van der Waals surface area contributed by atoms with E-state index >= 15 is 0 Å². The van der Waals surface area contributed by atoms with E-state index in [4.69, 9.17) is 11.6 Å². The number of rotatable bonds is 3. The maximum Gasteiger partial charge on any atom is 0.153 e. The van der Waals surface area contributed by atoms with Crippen molar-refractivity contribution in [3.8, 4) is 17.1 Å². The minimum absolute atomic E-state index is 0.476. The molecule has 3 rings (SSSR count). The number of hydrogen-bond donors (Lipinski definition) is 0. The van der Waals surface area contributed by atoms with Crippen molar-refractivity contribution in [3.63, 3.8) is 0 Å². The van der Waals surface area contributed by atoms with Crippen molar-refractivity contribution in [3.05, 3.63) is 65.4 Å². The summed E-state index contributed by atoms with van der Waals surface area (Å²) in [6, 6.07) is 12.8. The van der Waals surface area contributed by atoms with Crippen LogP contribution in [0, 0.1) is 0 Å².